The first kappa shape index (κ1) is 13.9. The fraction of sp³-hybridized carbons (Fsp3) is 0.188. The molecule has 5 heteroatoms. The molecule has 0 amide bonds. The molecular formula is C16H16BrN3O. The van der Waals surface area contributed by atoms with Crippen molar-refractivity contribution in [1.29, 1.82) is 0 Å². The van der Waals surface area contributed by atoms with Gasteiger partial charge < -0.3 is 15.8 Å². The maximum absolute atomic E-state index is 9.05. The summed E-state index contributed by atoms with van der Waals surface area (Å²) in [6.07, 6.45) is 2.17. The number of halogens is 1. The minimum atomic E-state index is 0.112. The van der Waals surface area contributed by atoms with E-state index in [9.17, 15) is 0 Å². The lowest BCUT2D eigenvalue weighted by molar-refractivity contribution is 0.318. The third-order valence-corrected chi connectivity index (χ3v) is 4.42. The molecule has 0 aromatic heterocycles. The number of hydrogen-bond acceptors (Lipinski definition) is 3. The van der Waals surface area contributed by atoms with Gasteiger partial charge in [-0.15, -0.1) is 0 Å². The third kappa shape index (κ3) is 2.49. The average Bonchev–Trinajstić information content (AvgIpc) is 2.53. The summed E-state index contributed by atoms with van der Waals surface area (Å²) in [5.41, 5.74) is 10.1. The van der Waals surface area contributed by atoms with Gasteiger partial charge in [-0.3, -0.25) is 0 Å². The monoisotopic (exact) mass is 345 g/mol. The van der Waals surface area contributed by atoms with Crippen molar-refractivity contribution in [1.82, 2.24) is 0 Å². The zero-order chi connectivity index (χ0) is 14.8. The normalized spacial score (nSPS) is 14.9. The number of aryl methyl sites for hydroxylation is 1. The van der Waals surface area contributed by atoms with Crippen LogP contribution in [0.5, 0.6) is 0 Å². The number of rotatable bonds is 2. The van der Waals surface area contributed by atoms with Crippen LogP contribution in [0.25, 0.3) is 0 Å². The van der Waals surface area contributed by atoms with E-state index in [1.54, 1.807) is 0 Å². The first-order chi connectivity index (χ1) is 10.2. The van der Waals surface area contributed by atoms with Gasteiger partial charge in [-0.05, 0) is 52.5 Å². The van der Waals surface area contributed by atoms with E-state index in [0.29, 0.717) is 0 Å². The molecule has 0 radical (unpaired) electrons. The largest absolute Gasteiger partial charge is 0.409 e. The Labute approximate surface area is 132 Å². The van der Waals surface area contributed by atoms with E-state index < -0.39 is 0 Å². The first-order valence-corrected chi connectivity index (χ1v) is 7.63. The summed E-state index contributed by atoms with van der Waals surface area (Å²) in [6, 6.07) is 14.2. The van der Waals surface area contributed by atoms with Crippen molar-refractivity contribution in [3.05, 3.63) is 58.1 Å². The van der Waals surface area contributed by atoms with Crippen LogP contribution in [0.2, 0.25) is 0 Å². The van der Waals surface area contributed by atoms with Gasteiger partial charge in [0.05, 0.1) is 11.3 Å². The van der Waals surface area contributed by atoms with Crippen molar-refractivity contribution < 1.29 is 5.21 Å². The predicted octanol–water partition coefficient (Wildman–Crippen LogP) is 3.63. The second-order valence-corrected chi connectivity index (χ2v) is 5.86. The van der Waals surface area contributed by atoms with E-state index in [1.807, 2.05) is 24.3 Å². The zero-order valence-electron chi connectivity index (χ0n) is 11.5. The van der Waals surface area contributed by atoms with Gasteiger partial charge in [-0.25, -0.2) is 0 Å². The van der Waals surface area contributed by atoms with Crippen molar-refractivity contribution in [3.63, 3.8) is 0 Å². The van der Waals surface area contributed by atoms with Crippen LogP contribution < -0.4 is 10.6 Å². The molecule has 21 heavy (non-hydrogen) atoms. The molecule has 0 atom stereocenters. The molecule has 4 nitrogen and oxygen atoms in total. The Morgan fingerprint density at radius 1 is 1.14 bits per heavy atom. The summed E-state index contributed by atoms with van der Waals surface area (Å²) in [7, 11) is 0. The highest BCUT2D eigenvalue weighted by molar-refractivity contribution is 9.10. The van der Waals surface area contributed by atoms with E-state index in [-0.39, 0.29) is 5.84 Å². The lowest BCUT2D eigenvalue weighted by Crippen LogP contribution is -2.27. The van der Waals surface area contributed by atoms with Crippen molar-refractivity contribution >= 4 is 33.1 Å². The molecule has 0 saturated carbocycles. The fourth-order valence-electron chi connectivity index (χ4n) is 2.83. The number of benzene rings is 2. The Morgan fingerprint density at radius 3 is 2.71 bits per heavy atom. The predicted molar refractivity (Wildman–Crippen MR) is 88.4 cm³/mol. The van der Waals surface area contributed by atoms with Gasteiger partial charge in [0.1, 0.15) is 0 Å². The molecular weight excluding hydrogens is 330 g/mol. The SMILES string of the molecule is N/C(=N/O)c1c(Br)cccc1N1CCCc2ccccc21. The molecule has 0 aliphatic carbocycles. The molecule has 2 aromatic carbocycles. The molecule has 3 N–H and O–H groups in total. The number of para-hydroxylation sites is 1. The first-order valence-electron chi connectivity index (χ1n) is 6.84. The molecule has 1 aliphatic heterocycles. The maximum atomic E-state index is 9.05. The number of fused-ring (bicyclic) bond motifs is 1. The minimum absolute atomic E-state index is 0.112. The molecule has 3 rings (SSSR count). The Bertz CT molecular complexity index is 700. The summed E-state index contributed by atoms with van der Waals surface area (Å²) in [5.74, 6) is 0.112. The summed E-state index contributed by atoms with van der Waals surface area (Å²) in [5, 5.41) is 12.2. The number of nitrogens with two attached hydrogens (primary N) is 1. The summed E-state index contributed by atoms with van der Waals surface area (Å²) >= 11 is 3.50. The Kier molecular flexibility index (Phi) is 3.84. The van der Waals surface area contributed by atoms with Crippen LogP contribution in [0.1, 0.15) is 17.5 Å². The lowest BCUT2D eigenvalue weighted by atomic mass is 10.00. The van der Waals surface area contributed by atoms with Crippen LogP contribution in [0.3, 0.4) is 0 Å². The van der Waals surface area contributed by atoms with Gasteiger partial charge in [-0.1, -0.05) is 29.4 Å². The number of hydrogen-bond donors (Lipinski definition) is 2. The van der Waals surface area contributed by atoms with Crippen LogP contribution in [0, 0.1) is 0 Å². The van der Waals surface area contributed by atoms with Crippen molar-refractivity contribution in [2.45, 2.75) is 12.8 Å². The van der Waals surface area contributed by atoms with Gasteiger partial charge >= 0.3 is 0 Å². The van der Waals surface area contributed by atoms with Gasteiger partial charge in [0.25, 0.3) is 0 Å². The highest BCUT2D eigenvalue weighted by Gasteiger charge is 2.22. The van der Waals surface area contributed by atoms with Crippen LogP contribution in [-0.4, -0.2) is 17.6 Å². The summed E-state index contributed by atoms with van der Waals surface area (Å²) < 4.78 is 0.818. The molecule has 2 aromatic rings. The van der Waals surface area contributed by atoms with Gasteiger partial charge in [0.2, 0.25) is 0 Å². The second-order valence-electron chi connectivity index (χ2n) is 5.00. The average molecular weight is 346 g/mol. The van der Waals surface area contributed by atoms with Crippen molar-refractivity contribution in [2.75, 3.05) is 11.4 Å². The third-order valence-electron chi connectivity index (χ3n) is 3.76. The van der Waals surface area contributed by atoms with E-state index in [2.05, 4.69) is 44.2 Å². The van der Waals surface area contributed by atoms with Gasteiger partial charge in [0.15, 0.2) is 5.84 Å². The van der Waals surface area contributed by atoms with Crippen LogP contribution in [-0.2, 0) is 6.42 Å². The van der Waals surface area contributed by atoms with Crippen LogP contribution in [0.15, 0.2) is 52.1 Å². The molecule has 108 valence electrons. The summed E-state index contributed by atoms with van der Waals surface area (Å²) in [6.45, 7) is 0.916. The Morgan fingerprint density at radius 2 is 1.90 bits per heavy atom. The Balaban J connectivity index is 2.17. The summed E-state index contributed by atoms with van der Waals surface area (Å²) in [4.78, 5) is 2.23. The van der Waals surface area contributed by atoms with E-state index in [1.165, 1.54) is 11.3 Å². The minimum Gasteiger partial charge on any atom is -0.409 e. The highest BCUT2D eigenvalue weighted by Crippen LogP contribution is 2.37. The molecule has 0 fully saturated rings. The number of anilines is 2. The van der Waals surface area contributed by atoms with Crippen molar-refractivity contribution in [3.8, 4) is 0 Å². The second kappa shape index (κ2) is 5.77. The van der Waals surface area contributed by atoms with Crippen LogP contribution >= 0.6 is 15.9 Å². The van der Waals surface area contributed by atoms with Crippen molar-refractivity contribution in [2.24, 2.45) is 10.9 Å². The van der Waals surface area contributed by atoms with E-state index in [0.717, 1.165) is 35.1 Å². The molecule has 0 bridgehead atoms. The molecule has 0 saturated heterocycles. The fourth-order valence-corrected chi connectivity index (χ4v) is 3.38. The van der Waals surface area contributed by atoms with Gasteiger partial charge in [-0.2, -0.15) is 0 Å². The maximum Gasteiger partial charge on any atom is 0.173 e. The zero-order valence-corrected chi connectivity index (χ0v) is 13.0. The Hall–Kier alpha value is -2.01. The molecule has 0 unspecified atom stereocenters. The van der Waals surface area contributed by atoms with E-state index >= 15 is 0 Å². The number of oxime groups is 1. The van der Waals surface area contributed by atoms with Gasteiger partial charge in [0, 0.05) is 16.7 Å². The molecule has 1 aliphatic rings. The quantitative estimate of drug-likeness (QED) is 0.378. The number of nitrogens with zero attached hydrogens (tertiary/aromatic N) is 2. The number of amidine groups is 1. The smallest absolute Gasteiger partial charge is 0.173 e. The topological polar surface area (TPSA) is 61.9 Å². The van der Waals surface area contributed by atoms with Crippen LogP contribution in [0.4, 0.5) is 11.4 Å². The van der Waals surface area contributed by atoms with E-state index in [4.69, 9.17) is 10.9 Å². The molecule has 0 spiro atoms. The molecule has 1 heterocycles. The lowest BCUT2D eigenvalue weighted by Gasteiger charge is -2.32. The highest BCUT2D eigenvalue weighted by atomic mass is 79.9. The standard InChI is InChI=1S/C16H16BrN3O/c17-12-7-3-9-14(15(12)16(18)19-21)20-10-4-6-11-5-1-2-8-13(11)20/h1-3,5,7-9,21H,4,6,10H2,(H2,18,19).